The topological polar surface area (TPSA) is 33.4 Å². The van der Waals surface area contributed by atoms with E-state index in [1.54, 1.807) is 6.07 Å². The van der Waals surface area contributed by atoms with Crippen molar-refractivity contribution in [1.82, 2.24) is 0 Å². The Morgan fingerprint density at radius 1 is 1.18 bits per heavy atom. The number of hydrogen-bond acceptors (Lipinski definition) is 2. The molecule has 17 heavy (non-hydrogen) atoms. The molecule has 2 aromatic rings. The SMILES string of the molecule is CC(C)C(C)C(O)c1cc2cc(Cl)ccc2o1. The first-order valence-electron chi connectivity index (χ1n) is 5.86. The maximum absolute atomic E-state index is 10.2. The third-order valence-electron chi connectivity index (χ3n) is 3.34. The minimum absolute atomic E-state index is 0.158. The minimum atomic E-state index is -0.568. The zero-order chi connectivity index (χ0) is 12.6. The highest BCUT2D eigenvalue weighted by molar-refractivity contribution is 6.31. The van der Waals surface area contributed by atoms with Crippen LogP contribution in [-0.4, -0.2) is 5.11 Å². The van der Waals surface area contributed by atoms with Crippen LogP contribution < -0.4 is 0 Å². The van der Waals surface area contributed by atoms with Crippen molar-refractivity contribution < 1.29 is 9.52 Å². The fourth-order valence-corrected chi connectivity index (χ4v) is 1.98. The summed E-state index contributed by atoms with van der Waals surface area (Å²) in [6.45, 7) is 6.20. The lowest BCUT2D eigenvalue weighted by molar-refractivity contribution is 0.0731. The van der Waals surface area contributed by atoms with Crippen molar-refractivity contribution in [1.29, 1.82) is 0 Å². The molecular weight excluding hydrogens is 236 g/mol. The van der Waals surface area contributed by atoms with Gasteiger partial charge in [-0.25, -0.2) is 0 Å². The highest BCUT2D eigenvalue weighted by atomic mass is 35.5. The van der Waals surface area contributed by atoms with E-state index in [1.807, 2.05) is 25.1 Å². The van der Waals surface area contributed by atoms with Crippen LogP contribution in [0, 0.1) is 11.8 Å². The maximum Gasteiger partial charge on any atom is 0.134 e. The van der Waals surface area contributed by atoms with Crippen molar-refractivity contribution in [2.75, 3.05) is 0 Å². The summed E-state index contributed by atoms with van der Waals surface area (Å²) in [7, 11) is 0. The monoisotopic (exact) mass is 252 g/mol. The van der Waals surface area contributed by atoms with Crippen molar-refractivity contribution >= 4 is 22.6 Å². The molecule has 0 saturated carbocycles. The normalized spacial score (nSPS) is 15.4. The molecule has 0 aliphatic carbocycles. The maximum atomic E-state index is 10.2. The molecule has 92 valence electrons. The molecule has 0 amide bonds. The lowest BCUT2D eigenvalue weighted by atomic mass is 9.91. The van der Waals surface area contributed by atoms with Gasteiger partial charge in [-0.1, -0.05) is 32.4 Å². The van der Waals surface area contributed by atoms with Gasteiger partial charge in [0.05, 0.1) is 0 Å². The van der Waals surface area contributed by atoms with E-state index < -0.39 is 6.10 Å². The second kappa shape index (κ2) is 4.71. The Morgan fingerprint density at radius 3 is 2.53 bits per heavy atom. The number of rotatable bonds is 3. The lowest BCUT2D eigenvalue weighted by Gasteiger charge is -2.20. The fourth-order valence-electron chi connectivity index (χ4n) is 1.80. The average Bonchev–Trinajstić information content (AvgIpc) is 2.69. The summed E-state index contributed by atoms with van der Waals surface area (Å²) in [4.78, 5) is 0. The number of halogens is 1. The minimum Gasteiger partial charge on any atom is -0.458 e. The predicted octanol–water partition coefficient (Wildman–Crippen LogP) is 4.41. The molecule has 1 heterocycles. The van der Waals surface area contributed by atoms with Crippen LogP contribution in [0.3, 0.4) is 0 Å². The van der Waals surface area contributed by atoms with E-state index in [0.717, 1.165) is 11.0 Å². The first kappa shape index (κ1) is 12.5. The second-order valence-corrected chi connectivity index (χ2v) is 5.32. The molecule has 1 aromatic carbocycles. The predicted molar refractivity (Wildman–Crippen MR) is 70.2 cm³/mol. The van der Waals surface area contributed by atoms with Gasteiger partial charge < -0.3 is 9.52 Å². The van der Waals surface area contributed by atoms with E-state index >= 15 is 0 Å². The molecule has 2 atom stereocenters. The van der Waals surface area contributed by atoms with Gasteiger partial charge in [0, 0.05) is 10.4 Å². The highest BCUT2D eigenvalue weighted by Gasteiger charge is 2.22. The van der Waals surface area contributed by atoms with E-state index in [9.17, 15) is 5.11 Å². The summed E-state index contributed by atoms with van der Waals surface area (Å²) in [5.74, 6) is 1.18. The van der Waals surface area contributed by atoms with E-state index in [1.165, 1.54) is 0 Å². The van der Waals surface area contributed by atoms with Crippen LogP contribution >= 0.6 is 11.6 Å². The van der Waals surface area contributed by atoms with Crippen LogP contribution in [0.2, 0.25) is 5.02 Å². The third-order valence-corrected chi connectivity index (χ3v) is 3.57. The third kappa shape index (κ3) is 2.48. The van der Waals surface area contributed by atoms with E-state index in [0.29, 0.717) is 16.7 Å². The van der Waals surface area contributed by atoms with E-state index in [4.69, 9.17) is 16.0 Å². The smallest absolute Gasteiger partial charge is 0.134 e. The molecule has 0 aliphatic rings. The summed E-state index contributed by atoms with van der Waals surface area (Å²) < 4.78 is 5.65. The Kier molecular flexibility index (Phi) is 3.45. The van der Waals surface area contributed by atoms with Gasteiger partial charge >= 0.3 is 0 Å². The average molecular weight is 253 g/mol. The van der Waals surface area contributed by atoms with Gasteiger partial charge in [-0.15, -0.1) is 0 Å². The molecule has 0 aliphatic heterocycles. The van der Waals surface area contributed by atoms with Crippen molar-refractivity contribution in [3.63, 3.8) is 0 Å². The highest BCUT2D eigenvalue weighted by Crippen LogP contribution is 2.32. The quantitative estimate of drug-likeness (QED) is 0.878. The molecule has 0 bridgehead atoms. The largest absolute Gasteiger partial charge is 0.458 e. The number of fused-ring (bicyclic) bond motifs is 1. The zero-order valence-electron chi connectivity index (χ0n) is 10.3. The summed E-state index contributed by atoms with van der Waals surface area (Å²) >= 11 is 5.92. The number of aliphatic hydroxyl groups is 1. The van der Waals surface area contributed by atoms with Crippen LogP contribution in [0.25, 0.3) is 11.0 Å². The molecule has 1 aromatic heterocycles. The Bertz CT molecular complexity index is 516. The van der Waals surface area contributed by atoms with Gasteiger partial charge in [0.2, 0.25) is 0 Å². The van der Waals surface area contributed by atoms with Gasteiger partial charge in [-0.3, -0.25) is 0 Å². The number of aliphatic hydroxyl groups excluding tert-OH is 1. The first-order chi connectivity index (χ1) is 7.99. The molecule has 3 heteroatoms. The van der Waals surface area contributed by atoms with E-state index in [-0.39, 0.29) is 5.92 Å². The van der Waals surface area contributed by atoms with Gasteiger partial charge in [0.25, 0.3) is 0 Å². The van der Waals surface area contributed by atoms with Gasteiger partial charge in [-0.05, 0) is 36.1 Å². The lowest BCUT2D eigenvalue weighted by Crippen LogP contribution is -2.14. The molecular formula is C14H17ClO2. The van der Waals surface area contributed by atoms with Crippen LogP contribution in [-0.2, 0) is 0 Å². The Hall–Kier alpha value is -0.990. The fraction of sp³-hybridized carbons (Fsp3) is 0.429. The molecule has 0 saturated heterocycles. The molecule has 0 radical (unpaired) electrons. The molecule has 2 unspecified atom stereocenters. The van der Waals surface area contributed by atoms with Gasteiger partial charge in [0.15, 0.2) is 0 Å². The summed E-state index contributed by atoms with van der Waals surface area (Å²) in [6.07, 6.45) is -0.568. The number of hydrogen-bond donors (Lipinski definition) is 1. The first-order valence-corrected chi connectivity index (χ1v) is 6.24. The van der Waals surface area contributed by atoms with Crippen LogP contribution in [0.5, 0.6) is 0 Å². The zero-order valence-corrected chi connectivity index (χ0v) is 11.0. The molecule has 0 fully saturated rings. The molecule has 1 N–H and O–H groups in total. The Balaban J connectivity index is 2.36. The standard InChI is InChI=1S/C14H17ClO2/c1-8(2)9(3)14(16)13-7-10-6-11(15)4-5-12(10)17-13/h4-9,14,16H,1-3H3. The van der Waals surface area contributed by atoms with Crippen LogP contribution in [0.4, 0.5) is 0 Å². The van der Waals surface area contributed by atoms with Crippen LogP contribution in [0.1, 0.15) is 32.6 Å². The molecule has 2 nitrogen and oxygen atoms in total. The molecule has 2 rings (SSSR count). The molecule has 0 spiro atoms. The summed E-state index contributed by atoms with van der Waals surface area (Å²) in [6, 6.07) is 7.32. The summed E-state index contributed by atoms with van der Waals surface area (Å²) in [5, 5.41) is 11.8. The Morgan fingerprint density at radius 2 is 1.88 bits per heavy atom. The van der Waals surface area contributed by atoms with E-state index in [2.05, 4.69) is 13.8 Å². The van der Waals surface area contributed by atoms with Crippen molar-refractivity contribution in [2.24, 2.45) is 11.8 Å². The second-order valence-electron chi connectivity index (χ2n) is 4.88. The van der Waals surface area contributed by atoms with Gasteiger partial charge in [0.1, 0.15) is 17.4 Å². The van der Waals surface area contributed by atoms with Crippen molar-refractivity contribution in [3.8, 4) is 0 Å². The van der Waals surface area contributed by atoms with Crippen molar-refractivity contribution in [2.45, 2.75) is 26.9 Å². The Labute approximate surface area is 106 Å². The van der Waals surface area contributed by atoms with Crippen LogP contribution in [0.15, 0.2) is 28.7 Å². The summed E-state index contributed by atoms with van der Waals surface area (Å²) in [5.41, 5.74) is 0.763. The number of furan rings is 1. The number of benzene rings is 1. The van der Waals surface area contributed by atoms with Gasteiger partial charge in [-0.2, -0.15) is 0 Å². The van der Waals surface area contributed by atoms with Crippen molar-refractivity contribution in [3.05, 3.63) is 35.0 Å².